The number of aromatic hydroxyl groups is 1. The molecule has 38 heavy (non-hydrogen) atoms. The highest BCUT2D eigenvalue weighted by molar-refractivity contribution is 5.95. The van der Waals surface area contributed by atoms with Crippen LogP contribution in [0.5, 0.6) is 5.75 Å². The summed E-state index contributed by atoms with van der Waals surface area (Å²) in [5, 5.41) is 13.3. The summed E-state index contributed by atoms with van der Waals surface area (Å²) in [6.45, 7) is 0.554. The lowest BCUT2D eigenvalue weighted by molar-refractivity contribution is -0.191. The number of hydrogen-bond donors (Lipinski definition) is 3. The molecule has 196 valence electrons. The fourth-order valence-corrected chi connectivity index (χ4v) is 5.11. The second-order valence-electron chi connectivity index (χ2n) is 9.43. The van der Waals surface area contributed by atoms with Gasteiger partial charge in [-0.15, -0.1) is 0 Å². The Labute approximate surface area is 218 Å². The van der Waals surface area contributed by atoms with E-state index in [-0.39, 0.29) is 30.4 Å². The molecule has 0 saturated carbocycles. The van der Waals surface area contributed by atoms with Crippen LogP contribution in [0.1, 0.15) is 45.2 Å². The average molecular weight is 520 g/mol. The van der Waals surface area contributed by atoms with Crippen molar-refractivity contribution in [1.29, 1.82) is 0 Å². The van der Waals surface area contributed by atoms with E-state index in [0.717, 1.165) is 5.56 Å². The Hall–Kier alpha value is -4.04. The number of hydrogen-bond acceptors (Lipinski definition) is 3. The molecule has 1 aromatic heterocycles. The molecule has 0 aliphatic carbocycles. The van der Waals surface area contributed by atoms with Crippen LogP contribution >= 0.6 is 0 Å². The van der Waals surface area contributed by atoms with E-state index in [0.29, 0.717) is 47.0 Å². The van der Waals surface area contributed by atoms with Gasteiger partial charge >= 0.3 is 6.18 Å². The molecule has 3 N–H and O–H groups in total. The first-order valence-electron chi connectivity index (χ1n) is 12.5. The number of amides is 1. The molecule has 2 heterocycles. The number of rotatable bonds is 7. The molecule has 1 aliphatic heterocycles. The van der Waals surface area contributed by atoms with E-state index in [2.05, 4.69) is 10.3 Å². The zero-order valence-corrected chi connectivity index (χ0v) is 20.6. The first-order valence-corrected chi connectivity index (χ1v) is 12.5. The number of nitrogens with zero attached hydrogens (tertiary/aromatic N) is 1. The van der Waals surface area contributed by atoms with E-state index >= 15 is 0 Å². The number of alkyl halides is 3. The highest BCUT2D eigenvalue weighted by Crippen LogP contribution is 2.44. The summed E-state index contributed by atoms with van der Waals surface area (Å²) in [5.41, 5.74) is 3.20. The van der Waals surface area contributed by atoms with Gasteiger partial charge in [0.2, 0.25) is 0 Å². The lowest BCUT2D eigenvalue weighted by atomic mass is 9.95. The maximum atomic E-state index is 14.4. The molecule has 0 fully saturated rings. The topological polar surface area (TPSA) is 68.4 Å². The smallest absolute Gasteiger partial charge is 0.409 e. The maximum absolute atomic E-state index is 14.4. The van der Waals surface area contributed by atoms with Gasteiger partial charge in [0.25, 0.3) is 5.91 Å². The van der Waals surface area contributed by atoms with Crippen LogP contribution in [0.15, 0.2) is 78.9 Å². The zero-order chi connectivity index (χ0) is 26.7. The number of H-pyrrole nitrogens is 1. The monoisotopic (exact) mass is 519 g/mol. The SMILES string of the molecule is O=C(NCC/C=C/c1ccccc1)c1ccccc1CN1CCc2c([nH]c3ccc(O)cc23)C1C(F)(F)F. The van der Waals surface area contributed by atoms with Gasteiger partial charge in [0.1, 0.15) is 11.8 Å². The van der Waals surface area contributed by atoms with E-state index in [1.165, 1.54) is 17.0 Å². The molecule has 5 rings (SSSR count). The summed E-state index contributed by atoms with van der Waals surface area (Å²) in [6.07, 6.45) is 0.450. The third kappa shape index (κ3) is 5.45. The lowest BCUT2D eigenvalue weighted by Crippen LogP contribution is -2.43. The van der Waals surface area contributed by atoms with E-state index in [1.807, 2.05) is 42.5 Å². The predicted molar refractivity (Wildman–Crippen MR) is 142 cm³/mol. The van der Waals surface area contributed by atoms with Crippen LogP contribution < -0.4 is 5.32 Å². The van der Waals surface area contributed by atoms with Crippen molar-refractivity contribution in [2.75, 3.05) is 13.1 Å². The second kappa shape index (κ2) is 10.8. The van der Waals surface area contributed by atoms with E-state index in [4.69, 9.17) is 0 Å². The van der Waals surface area contributed by atoms with Crippen molar-refractivity contribution in [3.05, 3.63) is 107 Å². The molecule has 4 aromatic rings. The number of halogens is 3. The number of benzene rings is 3. The quantitative estimate of drug-likeness (QED) is 0.249. The van der Waals surface area contributed by atoms with E-state index in [1.54, 1.807) is 30.3 Å². The van der Waals surface area contributed by atoms with Crippen LogP contribution in [0.4, 0.5) is 13.2 Å². The fourth-order valence-electron chi connectivity index (χ4n) is 5.11. The lowest BCUT2D eigenvalue weighted by Gasteiger charge is -2.37. The molecule has 0 spiro atoms. The van der Waals surface area contributed by atoms with Gasteiger partial charge in [-0.3, -0.25) is 9.69 Å². The van der Waals surface area contributed by atoms with Gasteiger partial charge in [0.15, 0.2) is 0 Å². The summed E-state index contributed by atoms with van der Waals surface area (Å²) in [4.78, 5) is 17.3. The Kier molecular flexibility index (Phi) is 7.24. The van der Waals surface area contributed by atoms with Crippen molar-refractivity contribution in [1.82, 2.24) is 15.2 Å². The van der Waals surface area contributed by atoms with Crippen LogP contribution in [0.2, 0.25) is 0 Å². The minimum Gasteiger partial charge on any atom is -0.508 e. The number of aromatic amines is 1. The average Bonchev–Trinajstić information content (AvgIpc) is 3.26. The van der Waals surface area contributed by atoms with Crippen molar-refractivity contribution in [3.8, 4) is 5.75 Å². The van der Waals surface area contributed by atoms with Crippen LogP contribution in [0.25, 0.3) is 17.0 Å². The van der Waals surface area contributed by atoms with Gasteiger partial charge in [-0.05, 0) is 53.8 Å². The molecule has 1 amide bonds. The normalized spacial score (nSPS) is 16.1. The Balaban J connectivity index is 1.32. The molecule has 5 nitrogen and oxygen atoms in total. The molecular formula is C30H28F3N3O2. The Bertz CT molecular complexity index is 1460. The number of phenolic OH excluding ortho intramolecular Hbond substituents is 1. The molecule has 0 radical (unpaired) electrons. The van der Waals surface area contributed by atoms with Crippen molar-refractivity contribution >= 4 is 22.9 Å². The summed E-state index contributed by atoms with van der Waals surface area (Å²) in [6, 6.07) is 19.3. The third-order valence-electron chi connectivity index (χ3n) is 6.86. The Morgan fingerprint density at radius 2 is 1.84 bits per heavy atom. The number of nitrogens with one attached hydrogen (secondary N) is 2. The van der Waals surface area contributed by atoms with Crippen molar-refractivity contribution in [3.63, 3.8) is 0 Å². The molecule has 0 bridgehead atoms. The molecule has 1 aliphatic rings. The molecule has 8 heteroatoms. The van der Waals surface area contributed by atoms with Gasteiger partial charge < -0.3 is 15.4 Å². The molecule has 3 aromatic carbocycles. The molecule has 0 saturated heterocycles. The Morgan fingerprint density at radius 3 is 2.63 bits per heavy atom. The summed E-state index contributed by atoms with van der Waals surface area (Å²) < 4.78 is 43.2. The summed E-state index contributed by atoms with van der Waals surface area (Å²) in [5.74, 6) is -0.295. The van der Waals surface area contributed by atoms with Crippen LogP contribution in [-0.4, -0.2) is 40.2 Å². The van der Waals surface area contributed by atoms with Gasteiger partial charge in [-0.25, -0.2) is 0 Å². The Morgan fingerprint density at radius 1 is 1.08 bits per heavy atom. The number of fused-ring (bicyclic) bond motifs is 3. The number of carbonyl (C=O) groups excluding carboxylic acids is 1. The highest BCUT2D eigenvalue weighted by atomic mass is 19.4. The van der Waals surface area contributed by atoms with Gasteiger partial charge in [0.05, 0.1) is 0 Å². The van der Waals surface area contributed by atoms with Gasteiger partial charge in [0, 0.05) is 41.8 Å². The van der Waals surface area contributed by atoms with Gasteiger partial charge in [-0.2, -0.15) is 13.2 Å². The van der Waals surface area contributed by atoms with Crippen molar-refractivity contribution < 1.29 is 23.1 Å². The largest absolute Gasteiger partial charge is 0.508 e. The first kappa shape index (κ1) is 25.6. The number of aromatic nitrogens is 1. The molecule has 1 atom stereocenters. The van der Waals surface area contributed by atoms with Crippen molar-refractivity contribution in [2.45, 2.75) is 31.6 Å². The minimum atomic E-state index is -4.53. The van der Waals surface area contributed by atoms with E-state index < -0.39 is 12.2 Å². The number of phenols is 1. The highest BCUT2D eigenvalue weighted by Gasteiger charge is 2.48. The maximum Gasteiger partial charge on any atom is 0.409 e. The first-order chi connectivity index (χ1) is 18.3. The van der Waals surface area contributed by atoms with Crippen LogP contribution in [0, 0.1) is 0 Å². The zero-order valence-electron chi connectivity index (χ0n) is 20.6. The second-order valence-corrected chi connectivity index (χ2v) is 9.43. The van der Waals surface area contributed by atoms with Gasteiger partial charge in [-0.1, -0.05) is 60.7 Å². The summed E-state index contributed by atoms with van der Waals surface area (Å²) >= 11 is 0. The fraction of sp³-hybridized carbons (Fsp3) is 0.233. The minimum absolute atomic E-state index is 0.0146. The van der Waals surface area contributed by atoms with Crippen LogP contribution in [0.3, 0.4) is 0 Å². The number of carbonyl (C=O) groups is 1. The van der Waals surface area contributed by atoms with E-state index in [9.17, 15) is 23.1 Å². The van der Waals surface area contributed by atoms with Crippen LogP contribution in [-0.2, 0) is 13.0 Å². The molecule has 1 unspecified atom stereocenters. The standard InChI is InChI=1S/C30H28F3N3O2/c31-30(32,33)28-27-24(25-18-22(37)13-14-26(25)35-27)15-17-36(28)19-21-11-4-5-12-23(21)29(38)34-16-7-6-10-20-8-2-1-3-9-20/h1-6,8-14,18,28,35,37H,7,15-17,19H2,(H,34,38)/b10-6+. The predicted octanol–water partition coefficient (Wildman–Crippen LogP) is 6.37. The summed E-state index contributed by atoms with van der Waals surface area (Å²) in [7, 11) is 0. The molecular weight excluding hydrogens is 491 g/mol. The van der Waals surface area contributed by atoms with Crippen molar-refractivity contribution in [2.24, 2.45) is 0 Å². The third-order valence-corrected chi connectivity index (χ3v) is 6.86.